The summed E-state index contributed by atoms with van der Waals surface area (Å²) >= 11 is 5.34. The molecule has 3 rings (SSSR count). The molecule has 92 valence electrons. The quantitative estimate of drug-likeness (QED) is 0.643. The second kappa shape index (κ2) is 5.16. The predicted octanol–water partition coefficient (Wildman–Crippen LogP) is 4.27. The average Bonchev–Trinajstić information content (AvgIpc) is 2.49. The van der Waals surface area contributed by atoms with E-state index in [9.17, 15) is 0 Å². The van der Waals surface area contributed by atoms with Gasteiger partial charge in [0.15, 0.2) is 0 Å². The van der Waals surface area contributed by atoms with Crippen LogP contribution in [0.1, 0.15) is 0 Å². The summed E-state index contributed by atoms with van der Waals surface area (Å²) < 4.78 is 2.49. The first-order chi connectivity index (χ1) is 9.34. The molecule has 0 saturated heterocycles. The van der Waals surface area contributed by atoms with Crippen LogP contribution in [0.15, 0.2) is 72.8 Å². The minimum absolute atomic E-state index is 0.700. The summed E-state index contributed by atoms with van der Waals surface area (Å²) in [5.74, 6) is 0. The highest BCUT2D eigenvalue weighted by molar-refractivity contribution is 7.71. The molecule has 0 amide bonds. The van der Waals surface area contributed by atoms with E-state index < -0.39 is 0 Å². The first-order valence-corrected chi connectivity index (χ1v) is 6.47. The fraction of sp³-hybridized carbons (Fsp3) is 0. The van der Waals surface area contributed by atoms with Gasteiger partial charge in [-0.15, -0.1) is 0 Å². The van der Waals surface area contributed by atoms with Gasteiger partial charge in [-0.2, -0.15) is 5.10 Å². The number of hydrogen-bond acceptors (Lipinski definition) is 2. The molecule has 0 unspecified atom stereocenters. The molecule has 0 radical (unpaired) electrons. The van der Waals surface area contributed by atoms with Gasteiger partial charge in [-0.3, -0.25) is 0 Å². The van der Waals surface area contributed by atoms with Crippen LogP contribution < -0.4 is 0 Å². The van der Waals surface area contributed by atoms with Gasteiger partial charge < -0.3 is 0 Å². The van der Waals surface area contributed by atoms with Gasteiger partial charge in [-0.1, -0.05) is 60.7 Å². The number of hydrogen-bond donors (Lipinski definition) is 0. The summed E-state index contributed by atoms with van der Waals surface area (Å²) in [5, 5.41) is 4.63. The predicted molar refractivity (Wildman–Crippen MR) is 79.8 cm³/mol. The molecule has 0 aliphatic heterocycles. The molecule has 1 heterocycles. The Balaban J connectivity index is 2.15. The highest BCUT2D eigenvalue weighted by Gasteiger charge is 2.02. The Labute approximate surface area is 117 Å². The van der Waals surface area contributed by atoms with Gasteiger partial charge in [0.05, 0.1) is 11.4 Å². The Kier molecular flexibility index (Phi) is 3.21. The SMILES string of the molecule is S=c1ccc(-c2ccccc2)nn1-c1ccccc1. The van der Waals surface area contributed by atoms with Crippen LogP contribution in [-0.4, -0.2) is 9.78 Å². The van der Waals surface area contributed by atoms with E-state index in [-0.39, 0.29) is 0 Å². The van der Waals surface area contributed by atoms with Crippen molar-refractivity contribution in [2.75, 3.05) is 0 Å². The molecule has 0 fully saturated rings. The van der Waals surface area contributed by atoms with E-state index in [0.29, 0.717) is 4.64 Å². The molecule has 0 aliphatic carbocycles. The van der Waals surface area contributed by atoms with Crippen LogP contribution >= 0.6 is 12.2 Å². The van der Waals surface area contributed by atoms with Crippen LogP contribution in [0.3, 0.4) is 0 Å². The van der Waals surface area contributed by atoms with Crippen LogP contribution in [0.2, 0.25) is 0 Å². The Morgan fingerprint density at radius 1 is 0.737 bits per heavy atom. The van der Waals surface area contributed by atoms with Crippen LogP contribution in [-0.2, 0) is 0 Å². The van der Waals surface area contributed by atoms with Gasteiger partial charge >= 0.3 is 0 Å². The van der Waals surface area contributed by atoms with Gasteiger partial charge in [-0.25, -0.2) is 4.68 Å². The Morgan fingerprint density at radius 2 is 1.37 bits per heavy atom. The average molecular weight is 264 g/mol. The molecular weight excluding hydrogens is 252 g/mol. The van der Waals surface area contributed by atoms with Crippen LogP contribution in [0.25, 0.3) is 16.9 Å². The topological polar surface area (TPSA) is 17.8 Å². The van der Waals surface area contributed by atoms with E-state index in [1.807, 2.05) is 72.8 Å². The summed E-state index contributed by atoms with van der Waals surface area (Å²) in [5.41, 5.74) is 2.98. The number of para-hydroxylation sites is 1. The summed E-state index contributed by atoms with van der Waals surface area (Å²) in [6.45, 7) is 0. The maximum absolute atomic E-state index is 5.34. The van der Waals surface area contributed by atoms with E-state index in [1.54, 1.807) is 4.68 Å². The third-order valence-corrected chi connectivity index (χ3v) is 3.18. The minimum atomic E-state index is 0.700. The maximum atomic E-state index is 5.34. The van der Waals surface area contributed by atoms with Crippen molar-refractivity contribution in [3.05, 3.63) is 77.4 Å². The van der Waals surface area contributed by atoms with Gasteiger partial charge in [-0.05, 0) is 24.3 Å². The van der Waals surface area contributed by atoms with Gasteiger partial charge in [0.25, 0.3) is 0 Å². The second-order valence-corrected chi connectivity index (χ2v) is 4.59. The number of nitrogens with zero attached hydrogens (tertiary/aromatic N) is 2. The molecule has 3 heteroatoms. The lowest BCUT2D eigenvalue weighted by Crippen LogP contribution is -2.03. The highest BCUT2D eigenvalue weighted by atomic mass is 32.1. The third-order valence-electron chi connectivity index (χ3n) is 2.87. The molecule has 0 atom stereocenters. The lowest BCUT2D eigenvalue weighted by atomic mass is 10.1. The molecule has 0 aliphatic rings. The fourth-order valence-electron chi connectivity index (χ4n) is 1.93. The molecule has 0 saturated carbocycles. The van der Waals surface area contributed by atoms with Crippen LogP contribution in [0, 0.1) is 4.64 Å². The summed E-state index contributed by atoms with van der Waals surface area (Å²) in [7, 11) is 0. The molecule has 19 heavy (non-hydrogen) atoms. The maximum Gasteiger partial charge on any atom is 0.128 e. The van der Waals surface area contributed by atoms with E-state index in [4.69, 9.17) is 12.2 Å². The smallest absolute Gasteiger partial charge is 0.128 e. The number of aromatic nitrogens is 2. The highest BCUT2D eigenvalue weighted by Crippen LogP contribution is 2.17. The molecule has 0 N–H and O–H groups in total. The molecule has 0 spiro atoms. The van der Waals surface area contributed by atoms with Gasteiger partial charge in [0, 0.05) is 5.56 Å². The molecule has 2 nitrogen and oxygen atoms in total. The van der Waals surface area contributed by atoms with E-state index in [1.165, 1.54) is 0 Å². The van der Waals surface area contributed by atoms with Gasteiger partial charge in [0.2, 0.25) is 0 Å². The Bertz CT molecular complexity index is 733. The molecule has 2 aromatic carbocycles. The Hall–Kier alpha value is -2.26. The molecule has 1 aromatic heterocycles. The van der Waals surface area contributed by atoms with Crippen LogP contribution in [0.4, 0.5) is 0 Å². The van der Waals surface area contributed by atoms with Crippen molar-refractivity contribution < 1.29 is 0 Å². The van der Waals surface area contributed by atoms with E-state index in [0.717, 1.165) is 16.9 Å². The lowest BCUT2D eigenvalue weighted by Gasteiger charge is -2.08. The van der Waals surface area contributed by atoms with E-state index >= 15 is 0 Å². The zero-order valence-electron chi connectivity index (χ0n) is 10.2. The van der Waals surface area contributed by atoms with E-state index in [2.05, 4.69) is 5.10 Å². The number of rotatable bonds is 2. The lowest BCUT2D eigenvalue weighted by molar-refractivity contribution is 0.835. The largest absolute Gasteiger partial charge is 0.222 e. The summed E-state index contributed by atoms with van der Waals surface area (Å²) in [6.07, 6.45) is 0. The monoisotopic (exact) mass is 264 g/mol. The third kappa shape index (κ3) is 2.46. The molecular formula is C16H12N2S. The van der Waals surface area contributed by atoms with Crippen molar-refractivity contribution in [2.45, 2.75) is 0 Å². The first kappa shape index (κ1) is 11.8. The normalized spacial score (nSPS) is 10.3. The summed E-state index contributed by atoms with van der Waals surface area (Å²) in [4.78, 5) is 0. The zero-order chi connectivity index (χ0) is 13.1. The summed E-state index contributed by atoms with van der Waals surface area (Å²) in [6, 6.07) is 23.9. The van der Waals surface area contributed by atoms with Gasteiger partial charge in [0.1, 0.15) is 4.64 Å². The standard InChI is InChI=1S/C16H12N2S/c19-16-12-11-15(13-7-3-1-4-8-13)17-18(16)14-9-5-2-6-10-14/h1-12H. The van der Waals surface area contributed by atoms with Crippen LogP contribution in [0.5, 0.6) is 0 Å². The van der Waals surface area contributed by atoms with Crippen molar-refractivity contribution >= 4 is 12.2 Å². The molecule has 0 bridgehead atoms. The first-order valence-electron chi connectivity index (χ1n) is 6.06. The van der Waals surface area contributed by atoms with Crippen molar-refractivity contribution in [1.29, 1.82) is 0 Å². The van der Waals surface area contributed by atoms with Crippen molar-refractivity contribution in [2.24, 2.45) is 0 Å². The zero-order valence-corrected chi connectivity index (χ0v) is 11.0. The van der Waals surface area contributed by atoms with Crippen molar-refractivity contribution in [3.63, 3.8) is 0 Å². The van der Waals surface area contributed by atoms with Crippen molar-refractivity contribution in [3.8, 4) is 16.9 Å². The van der Waals surface area contributed by atoms with Crippen molar-refractivity contribution in [1.82, 2.24) is 9.78 Å². The number of benzene rings is 2. The second-order valence-electron chi connectivity index (χ2n) is 4.17. The minimum Gasteiger partial charge on any atom is -0.222 e. The Morgan fingerprint density at radius 3 is 2.05 bits per heavy atom. The molecule has 3 aromatic rings. The fourth-order valence-corrected chi connectivity index (χ4v) is 2.14.